The minimum Gasteiger partial charge on any atom is -0.338 e. The molecule has 4 nitrogen and oxygen atoms in total. The number of carbonyl (C=O) groups excluding carboxylic acids is 1. The zero-order valence-electron chi connectivity index (χ0n) is 11.5. The van der Waals surface area contributed by atoms with Gasteiger partial charge in [0.1, 0.15) is 11.2 Å². The molecule has 1 fully saturated rings. The molecule has 1 atom stereocenters. The first-order valence-corrected chi connectivity index (χ1v) is 7.95. The third-order valence-corrected chi connectivity index (χ3v) is 4.96. The van der Waals surface area contributed by atoms with Crippen molar-refractivity contribution in [1.29, 1.82) is 0 Å². The minimum absolute atomic E-state index is 0.125. The van der Waals surface area contributed by atoms with E-state index in [-0.39, 0.29) is 5.91 Å². The number of carbonyl (C=O) groups is 1. The van der Waals surface area contributed by atoms with Gasteiger partial charge >= 0.3 is 0 Å². The fourth-order valence-electron chi connectivity index (χ4n) is 2.96. The Kier molecular flexibility index (Phi) is 3.00. The second kappa shape index (κ2) is 5.00. The number of thiazole rings is 1. The molecule has 1 unspecified atom stereocenters. The Labute approximate surface area is 126 Å². The highest BCUT2D eigenvalue weighted by atomic mass is 32.1. The molecule has 4 rings (SSSR count). The summed E-state index contributed by atoms with van der Waals surface area (Å²) in [6, 6.07) is 9.51. The maximum Gasteiger partial charge on any atom is 0.253 e. The lowest BCUT2D eigenvalue weighted by Gasteiger charge is -2.16. The molecule has 1 amide bonds. The summed E-state index contributed by atoms with van der Waals surface area (Å²) in [5, 5.41) is 2.07. The van der Waals surface area contributed by atoms with Crippen LogP contribution in [-0.4, -0.2) is 33.3 Å². The van der Waals surface area contributed by atoms with E-state index in [9.17, 15) is 4.79 Å². The number of benzene rings is 1. The number of likely N-dealkylation sites (tertiary alicyclic amines) is 1. The van der Waals surface area contributed by atoms with Crippen molar-refractivity contribution >= 4 is 22.1 Å². The third-order valence-electron chi connectivity index (χ3n) is 4.06. The standard InChI is InChI=1S/C16H15N3OS/c20-15(12-4-2-1-3-5-12)18-7-6-13(10-18)14-16-19(11-17-14)8-9-21-16/h1-5,8-9,11,13H,6-7,10H2. The molecule has 0 aliphatic carbocycles. The Bertz CT molecular complexity index is 777. The van der Waals surface area contributed by atoms with Crippen LogP contribution in [-0.2, 0) is 0 Å². The highest BCUT2D eigenvalue weighted by Gasteiger charge is 2.30. The molecule has 3 heterocycles. The van der Waals surface area contributed by atoms with Crippen LogP contribution in [0.3, 0.4) is 0 Å². The van der Waals surface area contributed by atoms with Crippen molar-refractivity contribution in [3.8, 4) is 0 Å². The van der Waals surface area contributed by atoms with Gasteiger partial charge in [0.15, 0.2) is 0 Å². The maximum absolute atomic E-state index is 12.5. The Morgan fingerprint density at radius 3 is 3.00 bits per heavy atom. The lowest BCUT2D eigenvalue weighted by molar-refractivity contribution is 0.0790. The van der Waals surface area contributed by atoms with Crippen LogP contribution >= 0.6 is 11.3 Å². The van der Waals surface area contributed by atoms with Crippen LogP contribution in [0.25, 0.3) is 4.83 Å². The molecule has 0 spiro atoms. The number of nitrogens with zero attached hydrogens (tertiary/aromatic N) is 3. The zero-order valence-corrected chi connectivity index (χ0v) is 12.3. The third kappa shape index (κ3) is 2.14. The van der Waals surface area contributed by atoms with Crippen LogP contribution in [0.2, 0.25) is 0 Å². The number of imidazole rings is 1. The average Bonchev–Trinajstić information content (AvgIpc) is 3.23. The van der Waals surface area contributed by atoms with Crippen molar-refractivity contribution in [2.24, 2.45) is 0 Å². The van der Waals surface area contributed by atoms with Gasteiger partial charge in [-0.2, -0.15) is 0 Å². The number of hydrogen-bond donors (Lipinski definition) is 0. The van der Waals surface area contributed by atoms with Crippen molar-refractivity contribution in [2.75, 3.05) is 13.1 Å². The fourth-order valence-corrected chi connectivity index (χ4v) is 3.85. The van der Waals surface area contributed by atoms with Gasteiger partial charge in [-0.25, -0.2) is 4.98 Å². The van der Waals surface area contributed by atoms with Gasteiger partial charge in [0.05, 0.1) is 5.69 Å². The van der Waals surface area contributed by atoms with E-state index < -0.39 is 0 Å². The predicted molar refractivity (Wildman–Crippen MR) is 82.8 cm³/mol. The Morgan fingerprint density at radius 2 is 2.14 bits per heavy atom. The quantitative estimate of drug-likeness (QED) is 0.729. The molecule has 21 heavy (non-hydrogen) atoms. The van der Waals surface area contributed by atoms with Gasteiger partial charge in [0.2, 0.25) is 0 Å². The van der Waals surface area contributed by atoms with E-state index >= 15 is 0 Å². The first-order chi connectivity index (χ1) is 10.3. The normalized spacial score (nSPS) is 18.5. The summed E-state index contributed by atoms with van der Waals surface area (Å²) >= 11 is 1.71. The summed E-state index contributed by atoms with van der Waals surface area (Å²) in [7, 11) is 0. The van der Waals surface area contributed by atoms with E-state index in [0.29, 0.717) is 5.92 Å². The predicted octanol–water partition coefficient (Wildman–Crippen LogP) is 3.03. The molecule has 5 heteroatoms. The van der Waals surface area contributed by atoms with Gasteiger partial charge in [-0.05, 0) is 18.6 Å². The van der Waals surface area contributed by atoms with Crippen molar-refractivity contribution < 1.29 is 4.79 Å². The zero-order chi connectivity index (χ0) is 14.2. The van der Waals surface area contributed by atoms with Gasteiger partial charge in [-0.1, -0.05) is 18.2 Å². The van der Waals surface area contributed by atoms with Crippen LogP contribution in [0.15, 0.2) is 48.2 Å². The van der Waals surface area contributed by atoms with Crippen molar-refractivity contribution in [3.63, 3.8) is 0 Å². The molecule has 2 aromatic heterocycles. The summed E-state index contributed by atoms with van der Waals surface area (Å²) in [6.07, 6.45) is 4.88. The molecule has 1 aliphatic heterocycles. The molecule has 0 saturated carbocycles. The molecule has 0 bridgehead atoms. The summed E-state index contributed by atoms with van der Waals surface area (Å²) in [5.74, 6) is 0.473. The van der Waals surface area contributed by atoms with Crippen LogP contribution in [0.5, 0.6) is 0 Å². The molecule has 0 radical (unpaired) electrons. The number of aromatic nitrogens is 2. The lowest BCUT2D eigenvalue weighted by Crippen LogP contribution is -2.28. The maximum atomic E-state index is 12.5. The largest absolute Gasteiger partial charge is 0.338 e. The van der Waals surface area contributed by atoms with Gasteiger partial charge in [-0.3, -0.25) is 9.20 Å². The van der Waals surface area contributed by atoms with Gasteiger partial charge in [-0.15, -0.1) is 11.3 Å². The van der Waals surface area contributed by atoms with Gasteiger partial charge < -0.3 is 4.90 Å². The van der Waals surface area contributed by atoms with E-state index in [4.69, 9.17) is 0 Å². The van der Waals surface area contributed by atoms with Crippen molar-refractivity contribution in [2.45, 2.75) is 12.3 Å². The first kappa shape index (κ1) is 12.6. The molecule has 3 aromatic rings. The van der Waals surface area contributed by atoms with Crippen LogP contribution < -0.4 is 0 Å². The SMILES string of the molecule is O=C(c1ccccc1)N1CCC(c2ncn3ccsc23)C1. The number of hydrogen-bond acceptors (Lipinski definition) is 3. The molecule has 106 valence electrons. The van der Waals surface area contributed by atoms with E-state index in [0.717, 1.165) is 30.8 Å². The van der Waals surface area contributed by atoms with Crippen LogP contribution in [0.1, 0.15) is 28.4 Å². The second-order valence-corrected chi connectivity index (χ2v) is 6.24. The molecule has 1 saturated heterocycles. The van der Waals surface area contributed by atoms with Crippen LogP contribution in [0.4, 0.5) is 0 Å². The Morgan fingerprint density at radius 1 is 1.29 bits per heavy atom. The van der Waals surface area contributed by atoms with E-state index in [2.05, 4.69) is 14.8 Å². The van der Waals surface area contributed by atoms with Crippen molar-refractivity contribution in [1.82, 2.24) is 14.3 Å². The number of amides is 1. The molecule has 0 N–H and O–H groups in total. The van der Waals surface area contributed by atoms with E-state index in [1.807, 2.05) is 47.8 Å². The summed E-state index contributed by atoms with van der Waals surface area (Å²) in [6.45, 7) is 1.57. The summed E-state index contributed by atoms with van der Waals surface area (Å²) < 4.78 is 2.06. The second-order valence-electron chi connectivity index (χ2n) is 5.35. The Balaban J connectivity index is 1.55. The fraction of sp³-hybridized carbons (Fsp3) is 0.250. The lowest BCUT2D eigenvalue weighted by atomic mass is 10.1. The van der Waals surface area contributed by atoms with Gasteiger partial charge in [0.25, 0.3) is 5.91 Å². The van der Waals surface area contributed by atoms with E-state index in [1.165, 1.54) is 4.83 Å². The average molecular weight is 297 g/mol. The number of fused-ring (bicyclic) bond motifs is 1. The monoisotopic (exact) mass is 297 g/mol. The van der Waals surface area contributed by atoms with Gasteiger partial charge in [0, 0.05) is 36.1 Å². The number of rotatable bonds is 2. The van der Waals surface area contributed by atoms with E-state index in [1.54, 1.807) is 11.3 Å². The topological polar surface area (TPSA) is 37.6 Å². The molecule has 1 aromatic carbocycles. The first-order valence-electron chi connectivity index (χ1n) is 7.07. The van der Waals surface area contributed by atoms with Crippen LogP contribution in [0, 0.1) is 0 Å². The minimum atomic E-state index is 0.125. The highest BCUT2D eigenvalue weighted by Crippen LogP contribution is 2.31. The molecular formula is C16H15N3OS. The molecule has 1 aliphatic rings. The summed E-state index contributed by atoms with van der Waals surface area (Å²) in [4.78, 5) is 20.2. The highest BCUT2D eigenvalue weighted by molar-refractivity contribution is 7.15. The smallest absolute Gasteiger partial charge is 0.253 e. The summed E-state index contributed by atoms with van der Waals surface area (Å²) in [5.41, 5.74) is 1.90. The van der Waals surface area contributed by atoms with Crippen molar-refractivity contribution in [3.05, 3.63) is 59.5 Å². The molecular weight excluding hydrogens is 282 g/mol. The Hall–Kier alpha value is -2.14.